The lowest BCUT2D eigenvalue weighted by atomic mass is 10.1. The van der Waals surface area contributed by atoms with Gasteiger partial charge in [-0.3, -0.25) is 4.90 Å². The van der Waals surface area contributed by atoms with E-state index in [4.69, 9.17) is 0 Å². The molecule has 0 unspecified atom stereocenters. The molecule has 130 valence electrons. The third-order valence-corrected chi connectivity index (χ3v) is 5.92. The molecule has 25 heavy (non-hydrogen) atoms. The molecule has 0 saturated heterocycles. The average molecular weight is 357 g/mol. The van der Waals surface area contributed by atoms with Crippen LogP contribution in [0, 0.1) is 0 Å². The summed E-state index contributed by atoms with van der Waals surface area (Å²) in [6.07, 6.45) is 0. The number of urea groups is 1. The SMILES string of the molecule is C=C1c2ccccc2NC(=O)N1Cc1ccc(S(=O)(=O)N(C)C)cc1. The lowest BCUT2D eigenvalue weighted by molar-refractivity contribution is 0.229. The monoisotopic (exact) mass is 357 g/mol. The number of para-hydroxylation sites is 1. The lowest BCUT2D eigenvalue weighted by Gasteiger charge is -2.31. The predicted octanol–water partition coefficient (Wildman–Crippen LogP) is 2.96. The molecule has 0 aliphatic carbocycles. The van der Waals surface area contributed by atoms with Crippen LogP contribution >= 0.6 is 0 Å². The minimum atomic E-state index is -3.47. The summed E-state index contributed by atoms with van der Waals surface area (Å²) in [6.45, 7) is 4.33. The Morgan fingerprint density at radius 3 is 2.36 bits per heavy atom. The van der Waals surface area contributed by atoms with E-state index in [0.717, 1.165) is 16.8 Å². The van der Waals surface area contributed by atoms with E-state index in [0.29, 0.717) is 12.2 Å². The summed E-state index contributed by atoms with van der Waals surface area (Å²) < 4.78 is 25.4. The smallest absolute Gasteiger partial charge is 0.307 e. The first-order valence-corrected chi connectivity index (χ1v) is 9.13. The van der Waals surface area contributed by atoms with Crippen LogP contribution in [-0.4, -0.2) is 37.7 Å². The highest BCUT2D eigenvalue weighted by atomic mass is 32.2. The van der Waals surface area contributed by atoms with E-state index in [1.807, 2.05) is 24.3 Å². The van der Waals surface area contributed by atoms with E-state index < -0.39 is 10.0 Å². The number of carbonyl (C=O) groups excluding carboxylic acids is 1. The molecule has 1 heterocycles. The van der Waals surface area contributed by atoms with Crippen LogP contribution in [0.1, 0.15) is 11.1 Å². The summed E-state index contributed by atoms with van der Waals surface area (Å²) in [5.41, 5.74) is 3.04. The van der Waals surface area contributed by atoms with Gasteiger partial charge in [-0.1, -0.05) is 36.9 Å². The molecule has 0 aromatic heterocycles. The predicted molar refractivity (Wildman–Crippen MR) is 97.4 cm³/mol. The van der Waals surface area contributed by atoms with Gasteiger partial charge in [0.15, 0.2) is 0 Å². The number of benzene rings is 2. The molecule has 2 amide bonds. The molecule has 1 aliphatic heterocycles. The molecule has 1 aliphatic rings. The van der Waals surface area contributed by atoms with Crippen LogP contribution in [0.2, 0.25) is 0 Å². The number of sulfonamides is 1. The summed E-state index contributed by atoms with van der Waals surface area (Å²) in [6, 6.07) is 13.7. The average Bonchev–Trinajstić information content (AvgIpc) is 2.59. The van der Waals surface area contributed by atoms with Gasteiger partial charge in [0, 0.05) is 25.4 Å². The van der Waals surface area contributed by atoms with Crippen molar-refractivity contribution < 1.29 is 13.2 Å². The van der Waals surface area contributed by atoms with Crippen molar-refractivity contribution >= 4 is 27.4 Å². The number of hydrogen-bond donors (Lipinski definition) is 1. The Kier molecular flexibility index (Phi) is 4.36. The van der Waals surface area contributed by atoms with Gasteiger partial charge in [0.1, 0.15) is 0 Å². The maximum Gasteiger partial charge on any atom is 0.326 e. The van der Waals surface area contributed by atoms with Crippen LogP contribution in [0.5, 0.6) is 0 Å². The van der Waals surface area contributed by atoms with Crippen molar-refractivity contribution in [2.24, 2.45) is 0 Å². The molecule has 0 fully saturated rings. The Labute approximate surface area is 147 Å². The zero-order valence-corrected chi connectivity index (χ0v) is 14.9. The number of nitrogens with zero attached hydrogens (tertiary/aromatic N) is 2. The largest absolute Gasteiger partial charge is 0.326 e. The minimum absolute atomic E-state index is 0.216. The minimum Gasteiger partial charge on any atom is -0.307 e. The van der Waals surface area contributed by atoms with Gasteiger partial charge in [0.2, 0.25) is 10.0 Å². The van der Waals surface area contributed by atoms with Gasteiger partial charge in [-0.05, 0) is 23.8 Å². The molecule has 0 atom stereocenters. The van der Waals surface area contributed by atoms with E-state index in [1.165, 1.54) is 23.3 Å². The number of hydrogen-bond acceptors (Lipinski definition) is 3. The van der Waals surface area contributed by atoms with Gasteiger partial charge in [-0.2, -0.15) is 0 Å². The van der Waals surface area contributed by atoms with Crippen molar-refractivity contribution in [2.45, 2.75) is 11.4 Å². The summed E-state index contributed by atoms with van der Waals surface area (Å²) in [5, 5.41) is 2.83. The lowest BCUT2D eigenvalue weighted by Crippen LogP contribution is -2.36. The first kappa shape index (κ1) is 17.2. The van der Waals surface area contributed by atoms with Crippen LogP contribution in [0.15, 0.2) is 60.0 Å². The maximum atomic E-state index is 12.3. The fourth-order valence-corrected chi connectivity index (χ4v) is 3.52. The first-order chi connectivity index (χ1) is 11.8. The van der Waals surface area contributed by atoms with Gasteiger partial charge in [0.25, 0.3) is 0 Å². The van der Waals surface area contributed by atoms with Crippen LogP contribution in [0.4, 0.5) is 10.5 Å². The Morgan fingerprint density at radius 1 is 1.08 bits per heavy atom. The molecular formula is C18H19N3O3S. The van der Waals surface area contributed by atoms with Gasteiger partial charge < -0.3 is 5.32 Å². The maximum absolute atomic E-state index is 12.3. The third kappa shape index (κ3) is 3.16. The molecule has 3 rings (SSSR count). The molecule has 1 N–H and O–H groups in total. The fourth-order valence-electron chi connectivity index (χ4n) is 2.62. The molecule has 0 bridgehead atoms. The summed E-state index contributed by atoms with van der Waals surface area (Å²) >= 11 is 0. The van der Waals surface area contributed by atoms with E-state index >= 15 is 0 Å². The topological polar surface area (TPSA) is 69.7 Å². The quantitative estimate of drug-likeness (QED) is 0.915. The Morgan fingerprint density at radius 2 is 1.72 bits per heavy atom. The van der Waals surface area contributed by atoms with Crippen LogP contribution in [0.25, 0.3) is 5.70 Å². The van der Waals surface area contributed by atoms with Gasteiger partial charge in [-0.25, -0.2) is 17.5 Å². The Balaban J connectivity index is 1.84. The number of rotatable bonds is 4. The van der Waals surface area contributed by atoms with Crippen LogP contribution < -0.4 is 5.32 Å². The molecule has 2 aromatic carbocycles. The zero-order chi connectivity index (χ0) is 18.2. The first-order valence-electron chi connectivity index (χ1n) is 7.69. The highest BCUT2D eigenvalue weighted by Gasteiger charge is 2.26. The van der Waals surface area contributed by atoms with E-state index in [2.05, 4.69) is 11.9 Å². The van der Waals surface area contributed by atoms with Crippen LogP contribution in [-0.2, 0) is 16.6 Å². The third-order valence-electron chi connectivity index (χ3n) is 4.09. The molecule has 0 spiro atoms. The number of carbonyl (C=O) groups is 1. The second kappa shape index (κ2) is 6.34. The van der Waals surface area contributed by atoms with Gasteiger partial charge in [-0.15, -0.1) is 0 Å². The van der Waals surface area contributed by atoms with E-state index in [1.54, 1.807) is 24.3 Å². The number of fused-ring (bicyclic) bond motifs is 1. The number of amides is 2. The summed E-state index contributed by atoms with van der Waals surface area (Å²) in [4.78, 5) is 14.1. The summed E-state index contributed by atoms with van der Waals surface area (Å²) in [5.74, 6) is 0. The normalized spacial score (nSPS) is 14.4. The van der Waals surface area contributed by atoms with Crippen molar-refractivity contribution in [1.29, 1.82) is 0 Å². The second-order valence-corrected chi connectivity index (χ2v) is 8.09. The van der Waals surface area contributed by atoms with Crippen molar-refractivity contribution in [2.75, 3.05) is 19.4 Å². The van der Waals surface area contributed by atoms with Crippen molar-refractivity contribution in [3.8, 4) is 0 Å². The number of nitrogens with one attached hydrogen (secondary N) is 1. The summed E-state index contributed by atoms with van der Waals surface area (Å²) in [7, 11) is -0.488. The van der Waals surface area contributed by atoms with Gasteiger partial charge in [0.05, 0.1) is 17.1 Å². The highest BCUT2D eigenvalue weighted by Crippen LogP contribution is 2.31. The molecule has 0 saturated carbocycles. The second-order valence-electron chi connectivity index (χ2n) is 5.94. The molecular weight excluding hydrogens is 338 g/mol. The zero-order valence-electron chi connectivity index (χ0n) is 14.1. The molecule has 2 aromatic rings. The highest BCUT2D eigenvalue weighted by molar-refractivity contribution is 7.89. The van der Waals surface area contributed by atoms with Crippen LogP contribution in [0.3, 0.4) is 0 Å². The Bertz CT molecular complexity index is 934. The van der Waals surface area contributed by atoms with Crippen molar-refractivity contribution in [1.82, 2.24) is 9.21 Å². The van der Waals surface area contributed by atoms with E-state index in [9.17, 15) is 13.2 Å². The molecule has 6 nitrogen and oxygen atoms in total. The fraction of sp³-hybridized carbons (Fsp3) is 0.167. The van der Waals surface area contributed by atoms with Crippen molar-refractivity contribution in [3.63, 3.8) is 0 Å². The standard InChI is InChI=1S/C18H19N3O3S/c1-13-16-6-4-5-7-17(16)19-18(22)21(13)12-14-8-10-15(11-9-14)25(23,24)20(2)3/h4-11H,1,12H2,2-3H3,(H,19,22). The number of anilines is 1. The molecule has 0 radical (unpaired) electrons. The Hall–Kier alpha value is -2.64. The van der Waals surface area contributed by atoms with Gasteiger partial charge >= 0.3 is 6.03 Å². The van der Waals surface area contributed by atoms with Crippen molar-refractivity contribution in [3.05, 3.63) is 66.2 Å². The molecule has 7 heteroatoms. The van der Waals surface area contributed by atoms with E-state index in [-0.39, 0.29) is 10.9 Å².